The van der Waals surface area contributed by atoms with Gasteiger partial charge in [-0.3, -0.25) is 0 Å². The smallest absolute Gasteiger partial charge is 0.163 e. The molecule has 0 aliphatic heterocycles. The first-order valence-corrected chi connectivity index (χ1v) is 7.44. The zero-order chi connectivity index (χ0) is 15.3. The molecule has 0 atom stereocenters. The van der Waals surface area contributed by atoms with E-state index >= 15 is 0 Å². The van der Waals surface area contributed by atoms with Crippen LogP contribution in [0.4, 0.5) is 0 Å². The van der Waals surface area contributed by atoms with Gasteiger partial charge in [-0.05, 0) is 51.0 Å². The van der Waals surface area contributed by atoms with Crippen molar-refractivity contribution < 1.29 is 0 Å². The molecule has 0 aliphatic carbocycles. The summed E-state index contributed by atoms with van der Waals surface area (Å²) < 4.78 is 1.83. The third-order valence-electron chi connectivity index (χ3n) is 3.73. The molecule has 0 spiro atoms. The zero-order valence-electron chi connectivity index (χ0n) is 12.3. The standard InChI is InChI=1S/C16H15Cl2N3/c1-8-5-6-12(7-13(8)17)21-16-14(10(3)20-21)9(2)15(18)11(4)19-16/h5-7H,1-4H3. The predicted octanol–water partition coefficient (Wildman–Crippen LogP) is 4.96. The van der Waals surface area contributed by atoms with E-state index in [0.717, 1.165) is 44.3 Å². The Kier molecular flexibility index (Phi) is 3.42. The van der Waals surface area contributed by atoms with Crippen molar-refractivity contribution in [3.63, 3.8) is 0 Å². The van der Waals surface area contributed by atoms with E-state index in [9.17, 15) is 0 Å². The fraction of sp³-hybridized carbons (Fsp3) is 0.250. The zero-order valence-corrected chi connectivity index (χ0v) is 13.8. The van der Waals surface area contributed by atoms with Crippen molar-refractivity contribution in [2.45, 2.75) is 27.7 Å². The van der Waals surface area contributed by atoms with Gasteiger partial charge in [0.25, 0.3) is 0 Å². The van der Waals surface area contributed by atoms with E-state index in [4.69, 9.17) is 23.2 Å². The first kappa shape index (κ1) is 14.4. The Morgan fingerprint density at radius 3 is 2.38 bits per heavy atom. The third kappa shape index (κ3) is 2.21. The van der Waals surface area contributed by atoms with Crippen LogP contribution < -0.4 is 0 Å². The van der Waals surface area contributed by atoms with Crippen molar-refractivity contribution in [2.75, 3.05) is 0 Å². The van der Waals surface area contributed by atoms with Gasteiger partial charge in [-0.15, -0.1) is 0 Å². The van der Waals surface area contributed by atoms with Crippen LogP contribution in [0.15, 0.2) is 18.2 Å². The average Bonchev–Trinajstić information content (AvgIpc) is 2.76. The van der Waals surface area contributed by atoms with Crippen LogP contribution in [0.3, 0.4) is 0 Å². The van der Waals surface area contributed by atoms with E-state index in [1.807, 2.05) is 50.6 Å². The van der Waals surface area contributed by atoms with Crippen molar-refractivity contribution in [3.05, 3.63) is 50.8 Å². The lowest BCUT2D eigenvalue weighted by molar-refractivity contribution is 0.875. The highest BCUT2D eigenvalue weighted by molar-refractivity contribution is 6.33. The Balaban J connectivity index is 2.36. The summed E-state index contributed by atoms with van der Waals surface area (Å²) in [5, 5.41) is 7.03. The lowest BCUT2D eigenvalue weighted by Gasteiger charge is -2.07. The predicted molar refractivity (Wildman–Crippen MR) is 87.8 cm³/mol. The van der Waals surface area contributed by atoms with Gasteiger partial charge in [0.1, 0.15) is 0 Å². The van der Waals surface area contributed by atoms with Crippen molar-refractivity contribution in [3.8, 4) is 5.69 Å². The van der Waals surface area contributed by atoms with Crippen LogP contribution in [0.1, 0.15) is 22.5 Å². The van der Waals surface area contributed by atoms with Crippen LogP contribution in [0.5, 0.6) is 0 Å². The first-order valence-electron chi connectivity index (χ1n) is 6.68. The number of benzene rings is 1. The Bertz CT molecular complexity index is 866. The quantitative estimate of drug-likeness (QED) is 0.634. The summed E-state index contributed by atoms with van der Waals surface area (Å²) in [5.41, 5.74) is 5.48. The van der Waals surface area contributed by atoms with Crippen LogP contribution in [0.2, 0.25) is 10.0 Å². The highest BCUT2D eigenvalue weighted by atomic mass is 35.5. The van der Waals surface area contributed by atoms with E-state index in [0.29, 0.717) is 5.02 Å². The molecule has 0 amide bonds. The lowest BCUT2D eigenvalue weighted by atomic mass is 10.1. The number of aryl methyl sites for hydroxylation is 4. The molecular formula is C16H15Cl2N3. The molecule has 0 unspecified atom stereocenters. The molecule has 0 saturated carbocycles. The largest absolute Gasteiger partial charge is 0.232 e. The minimum atomic E-state index is 0.701. The minimum absolute atomic E-state index is 0.701. The summed E-state index contributed by atoms with van der Waals surface area (Å²) in [5.74, 6) is 0. The molecule has 3 nitrogen and oxygen atoms in total. The molecule has 21 heavy (non-hydrogen) atoms. The van der Waals surface area contributed by atoms with Crippen LogP contribution in [-0.4, -0.2) is 14.8 Å². The number of halogens is 2. The lowest BCUT2D eigenvalue weighted by Crippen LogP contribution is -1.99. The van der Waals surface area contributed by atoms with Gasteiger partial charge in [0, 0.05) is 10.4 Å². The Labute approximate surface area is 133 Å². The molecule has 0 fully saturated rings. The fourth-order valence-corrected chi connectivity index (χ4v) is 2.85. The maximum atomic E-state index is 6.31. The maximum Gasteiger partial charge on any atom is 0.163 e. The molecule has 0 radical (unpaired) electrons. The van der Waals surface area contributed by atoms with Crippen molar-refractivity contribution in [2.24, 2.45) is 0 Å². The second kappa shape index (κ2) is 5.00. The summed E-state index contributed by atoms with van der Waals surface area (Å²) in [6.07, 6.45) is 0. The van der Waals surface area contributed by atoms with Gasteiger partial charge in [0.15, 0.2) is 5.65 Å². The highest BCUT2D eigenvalue weighted by Crippen LogP contribution is 2.30. The molecule has 0 N–H and O–H groups in total. The monoisotopic (exact) mass is 319 g/mol. The second-order valence-corrected chi connectivity index (χ2v) is 6.05. The van der Waals surface area contributed by atoms with Crippen molar-refractivity contribution in [1.82, 2.24) is 14.8 Å². The Morgan fingerprint density at radius 2 is 1.71 bits per heavy atom. The fourth-order valence-electron chi connectivity index (χ4n) is 2.54. The van der Waals surface area contributed by atoms with E-state index in [-0.39, 0.29) is 0 Å². The second-order valence-electron chi connectivity index (χ2n) is 5.27. The average molecular weight is 320 g/mol. The van der Waals surface area contributed by atoms with E-state index < -0.39 is 0 Å². The van der Waals surface area contributed by atoms with Crippen LogP contribution in [0, 0.1) is 27.7 Å². The minimum Gasteiger partial charge on any atom is -0.232 e. The van der Waals surface area contributed by atoms with Gasteiger partial charge in [-0.2, -0.15) is 5.10 Å². The molecule has 3 aromatic rings. The number of fused-ring (bicyclic) bond motifs is 1. The van der Waals surface area contributed by atoms with E-state index in [1.165, 1.54) is 0 Å². The van der Waals surface area contributed by atoms with Gasteiger partial charge >= 0.3 is 0 Å². The molecule has 1 aromatic carbocycles. The van der Waals surface area contributed by atoms with Crippen LogP contribution in [-0.2, 0) is 0 Å². The molecule has 108 valence electrons. The van der Waals surface area contributed by atoms with Gasteiger partial charge < -0.3 is 0 Å². The first-order chi connectivity index (χ1) is 9.90. The highest BCUT2D eigenvalue weighted by Gasteiger charge is 2.16. The SMILES string of the molecule is Cc1ccc(-n2nc(C)c3c(C)c(Cl)c(C)nc32)cc1Cl. The van der Waals surface area contributed by atoms with E-state index in [1.54, 1.807) is 0 Å². The molecular weight excluding hydrogens is 305 g/mol. The molecule has 0 saturated heterocycles. The van der Waals surface area contributed by atoms with Gasteiger partial charge in [-0.25, -0.2) is 9.67 Å². The number of hydrogen-bond donors (Lipinski definition) is 0. The summed E-state index contributed by atoms with van der Waals surface area (Å²) in [6, 6.07) is 5.88. The van der Waals surface area contributed by atoms with Crippen molar-refractivity contribution >= 4 is 34.2 Å². The summed E-state index contributed by atoms with van der Waals surface area (Å²) >= 11 is 12.5. The molecule has 5 heteroatoms. The van der Waals surface area contributed by atoms with E-state index in [2.05, 4.69) is 10.1 Å². The summed E-state index contributed by atoms with van der Waals surface area (Å²) in [7, 11) is 0. The number of rotatable bonds is 1. The van der Waals surface area contributed by atoms with Crippen LogP contribution >= 0.6 is 23.2 Å². The number of pyridine rings is 1. The van der Waals surface area contributed by atoms with Gasteiger partial charge in [0.05, 0.1) is 22.1 Å². The number of hydrogen-bond acceptors (Lipinski definition) is 2. The Hall–Kier alpha value is -1.58. The molecule has 0 bridgehead atoms. The maximum absolute atomic E-state index is 6.31. The normalized spacial score (nSPS) is 11.3. The van der Waals surface area contributed by atoms with Gasteiger partial charge in [-0.1, -0.05) is 29.3 Å². The molecule has 2 heterocycles. The van der Waals surface area contributed by atoms with Crippen LogP contribution in [0.25, 0.3) is 16.7 Å². The number of nitrogens with zero attached hydrogens (tertiary/aromatic N) is 3. The molecule has 2 aromatic heterocycles. The third-order valence-corrected chi connectivity index (χ3v) is 4.70. The molecule has 0 aliphatic rings. The van der Waals surface area contributed by atoms with Crippen molar-refractivity contribution in [1.29, 1.82) is 0 Å². The number of aromatic nitrogens is 3. The summed E-state index contributed by atoms with van der Waals surface area (Å²) in [6.45, 7) is 7.85. The Morgan fingerprint density at radius 1 is 1.00 bits per heavy atom. The van der Waals surface area contributed by atoms with Gasteiger partial charge in [0.2, 0.25) is 0 Å². The molecule has 3 rings (SSSR count). The summed E-state index contributed by atoms with van der Waals surface area (Å²) in [4.78, 5) is 4.61. The topological polar surface area (TPSA) is 30.7 Å².